The van der Waals surface area contributed by atoms with Gasteiger partial charge in [-0.2, -0.15) is 5.21 Å². The summed E-state index contributed by atoms with van der Waals surface area (Å²) >= 11 is 0. The fraction of sp³-hybridized carbons (Fsp3) is 0.800. The highest BCUT2D eigenvalue weighted by atomic mass is 35.5. The van der Waals surface area contributed by atoms with Crippen LogP contribution in [0.1, 0.15) is 25.1 Å². The third-order valence-corrected chi connectivity index (χ3v) is 2.04. The summed E-state index contributed by atoms with van der Waals surface area (Å²) in [5, 5.41) is 13.5. The molecule has 0 aliphatic heterocycles. The molecule has 0 amide bonds. The van der Waals surface area contributed by atoms with Crippen LogP contribution in [-0.2, 0) is 5.54 Å². The van der Waals surface area contributed by atoms with Crippen LogP contribution in [0.2, 0.25) is 0 Å². The van der Waals surface area contributed by atoms with Crippen LogP contribution in [0.4, 0.5) is 0 Å². The third-order valence-electron chi connectivity index (χ3n) is 2.04. The molecule has 0 unspecified atom stereocenters. The standard InChI is InChI=1S/C5H9N5.2ClH/c6-5(2-1-3-5)4-7-9-10-8-4;;/h1-3,6H2,(H,7,8,9,10);2*1H. The summed E-state index contributed by atoms with van der Waals surface area (Å²) in [7, 11) is 0. The highest BCUT2D eigenvalue weighted by Crippen LogP contribution is 2.35. The fourth-order valence-corrected chi connectivity index (χ4v) is 1.15. The first-order chi connectivity index (χ1) is 4.81. The lowest BCUT2D eigenvalue weighted by atomic mass is 9.77. The van der Waals surface area contributed by atoms with Crippen LogP contribution >= 0.6 is 24.8 Å². The highest BCUT2D eigenvalue weighted by molar-refractivity contribution is 5.85. The van der Waals surface area contributed by atoms with Crippen LogP contribution in [0, 0.1) is 0 Å². The number of H-pyrrole nitrogens is 1. The van der Waals surface area contributed by atoms with Crippen molar-refractivity contribution in [2.45, 2.75) is 24.8 Å². The van der Waals surface area contributed by atoms with Gasteiger partial charge in [-0.25, -0.2) is 0 Å². The monoisotopic (exact) mass is 211 g/mol. The number of nitrogens with zero attached hydrogens (tertiary/aromatic N) is 3. The van der Waals surface area contributed by atoms with Gasteiger partial charge in [0, 0.05) is 0 Å². The zero-order chi connectivity index (χ0) is 7.03. The molecule has 0 bridgehead atoms. The van der Waals surface area contributed by atoms with Crippen molar-refractivity contribution >= 4 is 24.8 Å². The molecule has 1 aliphatic rings. The van der Waals surface area contributed by atoms with E-state index in [0.717, 1.165) is 12.8 Å². The topological polar surface area (TPSA) is 80.5 Å². The number of halogens is 2. The van der Waals surface area contributed by atoms with Crippen LogP contribution in [0.3, 0.4) is 0 Å². The Kier molecular flexibility index (Phi) is 3.89. The third kappa shape index (κ3) is 1.68. The Morgan fingerprint density at radius 2 is 2.00 bits per heavy atom. The molecule has 0 saturated heterocycles. The number of hydrogen-bond acceptors (Lipinski definition) is 4. The summed E-state index contributed by atoms with van der Waals surface area (Å²) in [6, 6.07) is 0. The van der Waals surface area contributed by atoms with Crippen LogP contribution in [0.25, 0.3) is 0 Å². The Balaban J connectivity index is 0.000000605. The Bertz CT molecular complexity index is 220. The SMILES string of the molecule is Cl.Cl.NC1(c2nn[nH]n2)CCC1. The zero-order valence-corrected chi connectivity index (χ0v) is 7.99. The fourth-order valence-electron chi connectivity index (χ4n) is 1.15. The molecule has 12 heavy (non-hydrogen) atoms. The molecule has 1 fully saturated rings. The van der Waals surface area contributed by atoms with Gasteiger partial charge in [-0.1, -0.05) is 5.21 Å². The summed E-state index contributed by atoms with van der Waals surface area (Å²) in [4.78, 5) is 0. The first-order valence-corrected chi connectivity index (χ1v) is 3.34. The molecule has 1 aromatic rings. The molecule has 2 rings (SSSR count). The number of nitrogens with one attached hydrogen (secondary N) is 1. The van der Waals surface area contributed by atoms with Gasteiger partial charge >= 0.3 is 0 Å². The summed E-state index contributed by atoms with van der Waals surface area (Å²) < 4.78 is 0. The van der Waals surface area contributed by atoms with E-state index in [0.29, 0.717) is 5.82 Å². The molecule has 70 valence electrons. The second kappa shape index (κ2) is 4.02. The van der Waals surface area contributed by atoms with Crippen molar-refractivity contribution in [2.75, 3.05) is 0 Å². The predicted octanol–water partition coefficient (Wildman–Crippen LogP) is 0.381. The van der Waals surface area contributed by atoms with Gasteiger partial charge in [0.25, 0.3) is 0 Å². The molecular formula is C5H11Cl2N5. The first kappa shape index (κ1) is 11.6. The van der Waals surface area contributed by atoms with Gasteiger partial charge < -0.3 is 5.73 Å². The van der Waals surface area contributed by atoms with Gasteiger partial charge in [0.15, 0.2) is 5.82 Å². The van der Waals surface area contributed by atoms with E-state index < -0.39 is 0 Å². The van der Waals surface area contributed by atoms with E-state index in [4.69, 9.17) is 5.73 Å². The number of rotatable bonds is 1. The van der Waals surface area contributed by atoms with Crippen molar-refractivity contribution in [3.8, 4) is 0 Å². The number of aromatic amines is 1. The maximum absolute atomic E-state index is 5.88. The molecule has 1 aliphatic carbocycles. The van der Waals surface area contributed by atoms with E-state index >= 15 is 0 Å². The Morgan fingerprint density at radius 1 is 1.33 bits per heavy atom. The predicted molar refractivity (Wildman–Crippen MR) is 48.4 cm³/mol. The smallest absolute Gasteiger partial charge is 0.194 e. The molecular weight excluding hydrogens is 201 g/mol. The van der Waals surface area contributed by atoms with Crippen molar-refractivity contribution in [3.05, 3.63) is 5.82 Å². The molecule has 0 radical (unpaired) electrons. The number of aromatic nitrogens is 4. The minimum Gasteiger partial charge on any atom is -0.319 e. The minimum atomic E-state index is -0.271. The highest BCUT2D eigenvalue weighted by Gasteiger charge is 2.38. The summed E-state index contributed by atoms with van der Waals surface area (Å²) in [6.07, 6.45) is 3.13. The quantitative estimate of drug-likeness (QED) is 0.705. The van der Waals surface area contributed by atoms with E-state index in [1.807, 2.05) is 0 Å². The van der Waals surface area contributed by atoms with Crippen molar-refractivity contribution in [3.63, 3.8) is 0 Å². The van der Waals surface area contributed by atoms with Crippen molar-refractivity contribution in [1.82, 2.24) is 20.6 Å². The van der Waals surface area contributed by atoms with E-state index in [2.05, 4.69) is 20.6 Å². The van der Waals surface area contributed by atoms with Gasteiger partial charge in [-0.3, -0.25) is 0 Å². The van der Waals surface area contributed by atoms with Gasteiger partial charge in [0.05, 0.1) is 5.54 Å². The molecule has 1 aromatic heterocycles. The van der Waals surface area contributed by atoms with Crippen molar-refractivity contribution < 1.29 is 0 Å². The van der Waals surface area contributed by atoms with E-state index in [1.165, 1.54) is 6.42 Å². The van der Waals surface area contributed by atoms with Crippen molar-refractivity contribution in [1.29, 1.82) is 0 Å². The van der Waals surface area contributed by atoms with Crippen LogP contribution in [-0.4, -0.2) is 20.6 Å². The maximum Gasteiger partial charge on any atom is 0.194 e. The van der Waals surface area contributed by atoms with Gasteiger partial charge in [0.2, 0.25) is 0 Å². The summed E-state index contributed by atoms with van der Waals surface area (Å²) in [6.45, 7) is 0. The van der Waals surface area contributed by atoms with E-state index in [1.54, 1.807) is 0 Å². The van der Waals surface area contributed by atoms with E-state index in [-0.39, 0.29) is 30.4 Å². The second-order valence-electron chi connectivity index (χ2n) is 2.75. The van der Waals surface area contributed by atoms with E-state index in [9.17, 15) is 0 Å². The second-order valence-corrected chi connectivity index (χ2v) is 2.75. The lowest BCUT2D eigenvalue weighted by Gasteiger charge is -2.34. The molecule has 1 saturated carbocycles. The van der Waals surface area contributed by atoms with Gasteiger partial charge in [-0.15, -0.1) is 35.0 Å². The Labute approximate surface area is 82.3 Å². The number of tetrazole rings is 1. The minimum absolute atomic E-state index is 0. The number of nitrogens with two attached hydrogens (primary N) is 1. The first-order valence-electron chi connectivity index (χ1n) is 3.34. The lowest BCUT2D eigenvalue weighted by Crippen LogP contribution is -2.44. The molecule has 1 heterocycles. The molecule has 0 spiro atoms. The molecule has 0 aromatic carbocycles. The van der Waals surface area contributed by atoms with Crippen LogP contribution in [0.5, 0.6) is 0 Å². The largest absolute Gasteiger partial charge is 0.319 e. The van der Waals surface area contributed by atoms with Crippen molar-refractivity contribution in [2.24, 2.45) is 5.73 Å². The van der Waals surface area contributed by atoms with Crippen LogP contribution < -0.4 is 5.73 Å². The number of hydrogen-bond donors (Lipinski definition) is 2. The summed E-state index contributed by atoms with van der Waals surface area (Å²) in [5.41, 5.74) is 5.61. The molecule has 5 nitrogen and oxygen atoms in total. The normalized spacial score (nSPS) is 18.4. The van der Waals surface area contributed by atoms with Gasteiger partial charge in [-0.05, 0) is 19.3 Å². The molecule has 7 heteroatoms. The molecule has 3 N–H and O–H groups in total. The Morgan fingerprint density at radius 3 is 2.33 bits per heavy atom. The average molecular weight is 212 g/mol. The molecule has 0 atom stereocenters. The van der Waals surface area contributed by atoms with Crippen LogP contribution in [0.15, 0.2) is 0 Å². The average Bonchev–Trinajstić information content (AvgIpc) is 2.33. The maximum atomic E-state index is 5.88. The summed E-state index contributed by atoms with van der Waals surface area (Å²) in [5.74, 6) is 0.652. The zero-order valence-electron chi connectivity index (χ0n) is 6.36. The Hall–Kier alpha value is -0.390. The lowest BCUT2D eigenvalue weighted by molar-refractivity contribution is 0.238. The van der Waals surface area contributed by atoms with Gasteiger partial charge in [0.1, 0.15) is 0 Å².